The number of nitriles is 2. The number of nitrogens with one attached hydrogen (secondary N) is 2. The molecule has 0 aliphatic heterocycles. The van der Waals surface area contributed by atoms with Crippen molar-refractivity contribution in [2.75, 3.05) is 38.6 Å². The van der Waals surface area contributed by atoms with Crippen LogP contribution in [0.25, 0.3) is 5.70 Å². The zero-order valence-electron chi connectivity index (χ0n) is 13.8. The molecule has 6 heteroatoms. The van der Waals surface area contributed by atoms with E-state index in [9.17, 15) is 5.26 Å². The van der Waals surface area contributed by atoms with Crippen LogP contribution in [0.3, 0.4) is 0 Å². The summed E-state index contributed by atoms with van der Waals surface area (Å²) in [6, 6.07) is 7.66. The summed E-state index contributed by atoms with van der Waals surface area (Å²) >= 11 is 0. The first-order valence-electron chi connectivity index (χ1n) is 7.39. The second kappa shape index (κ2) is 9.24. The maximum Gasteiger partial charge on any atom is 0.141 e. The van der Waals surface area contributed by atoms with Crippen molar-refractivity contribution in [2.45, 2.75) is 6.92 Å². The fourth-order valence-electron chi connectivity index (χ4n) is 2.02. The highest BCUT2D eigenvalue weighted by Crippen LogP contribution is 2.25. The lowest BCUT2D eigenvalue weighted by atomic mass is 10.1. The highest BCUT2D eigenvalue weighted by atomic mass is 15.1. The van der Waals surface area contributed by atoms with E-state index in [1.54, 1.807) is 6.07 Å². The Balaban J connectivity index is 3.37. The van der Waals surface area contributed by atoms with Gasteiger partial charge in [0.25, 0.3) is 0 Å². The first-order valence-corrected chi connectivity index (χ1v) is 7.39. The molecule has 0 spiro atoms. The van der Waals surface area contributed by atoms with Gasteiger partial charge in [-0.3, -0.25) is 0 Å². The molecule has 0 aliphatic rings. The summed E-state index contributed by atoms with van der Waals surface area (Å²) in [7, 11) is 3.78. The highest BCUT2D eigenvalue weighted by Gasteiger charge is 2.16. The molecule has 2 N–H and O–H groups in total. The summed E-state index contributed by atoms with van der Waals surface area (Å²) in [6.07, 6.45) is 1.50. The molecule has 0 radical (unpaired) electrons. The number of rotatable bonds is 8. The lowest BCUT2D eigenvalue weighted by Crippen LogP contribution is -2.28. The number of likely N-dealkylation sites (N-methyl/N-ethyl adjacent to an activating group) is 1. The van der Waals surface area contributed by atoms with E-state index in [2.05, 4.69) is 28.3 Å². The summed E-state index contributed by atoms with van der Waals surface area (Å²) in [5, 5.41) is 24.9. The van der Waals surface area contributed by atoms with Gasteiger partial charge in [-0.2, -0.15) is 10.5 Å². The van der Waals surface area contributed by atoms with Crippen LogP contribution in [0.4, 0.5) is 5.69 Å². The van der Waals surface area contributed by atoms with Gasteiger partial charge < -0.3 is 15.5 Å². The van der Waals surface area contributed by atoms with E-state index >= 15 is 0 Å². The standard InChI is InChI=1S/C17H22N6/c1-5-13(11-18)16(21-10-9-20-6-2)17-15(23(3)4)8-7-14(12-19)22-17/h5,7-8,20-21H,1,6,9-10H2,2-4H3/b16-13-. The summed E-state index contributed by atoms with van der Waals surface area (Å²) in [5.74, 6) is 0. The molecule has 120 valence electrons. The van der Waals surface area contributed by atoms with Crippen LogP contribution < -0.4 is 15.5 Å². The molecule has 23 heavy (non-hydrogen) atoms. The number of hydrogen-bond acceptors (Lipinski definition) is 6. The van der Waals surface area contributed by atoms with Crippen LogP contribution >= 0.6 is 0 Å². The van der Waals surface area contributed by atoms with Crippen LogP contribution in [0.2, 0.25) is 0 Å². The van der Waals surface area contributed by atoms with Crippen molar-refractivity contribution >= 4 is 11.4 Å². The van der Waals surface area contributed by atoms with Crippen molar-refractivity contribution in [3.8, 4) is 12.1 Å². The van der Waals surface area contributed by atoms with E-state index < -0.39 is 0 Å². The number of pyridine rings is 1. The third kappa shape index (κ3) is 4.84. The maximum atomic E-state index is 9.38. The van der Waals surface area contributed by atoms with Crippen LogP contribution in [0, 0.1) is 22.7 Å². The van der Waals surface area contributed by atoms with Crippen LogP contribution in [0.15, 0.2) is 30.4 Å². The SMILES string of the molecule is C=C/C(C#N)=C(/NCCNCC)c1nc(C#N)ccc1N(C)C. The van der Waals surface area contributed by atoms with Gasteiger partial charge in [-0.15, -0.1) is 0 Å². The van der Waals surface area contributed by atoms with Gasteiger partial charge in [0, 0.05) is 27.2 Å². The molecule has 0 aromatic carbocycles. The fraction of sp³-hybridized carbons (Fsp3) is 0.353. The Morgan fingerprint density at radius 1 is 1.35 bits per heavy atom. The number of allylic oxidation sites excluding steroid dienone is 2. The van der Waals surface area contributed by atoms with Crippen molar-refractivity contribution in [1.82, 2.24) is 15.6 Å². The summed E-state index contributed by atoms with van der Waals surface area (Å²) in [4.78, 5) is 6.28. The van der Waals surface area contributed by atoms with Crippen LogP contribution in [0.1, 0.15) is 18.3 Å². The molecule has 0 saturated carbocycles. The average molecular weight is 310 g/mol. The van der Waals surface area contributed by atoms with E-state index in [1.807, 2.05) is 38.1 Å². The van der Waals surface area contributed by atoms with Gasteiger partial charge in [0.15, 0.2) is 0 Å². The van der Waals surface area contributed by atoms with E-state index in [4.69, 9.17) is 5.26 Å². The normalized spacial score (nSPS) is 11.0. The topological polar surface area (TPSA) is 87.8 Å². The first kappa shape index (κ1) is 18.2. The summed E-state index contributed by atoms with van der Waals surface area (Å²) in [6.45, 7) is 7.99. The van der Waals surface area contributed by atoms with Gasteiger partial charge in [-0.25, -0.2) is 4.98 Å². The Morgan fingerprint density at radius 2 is 2.09 bits per heavy atom. The van der Waals surface area contributed by atoms with Gasteiger partial charge >= 0.3 is 0 Å². The van der Waals surface area contributed by atoms with E-state index in [0.29, 0.717) is 29.2 Å². The lowest BCUT2D eigenvalue weighted by molar-refractivity contribution is 0.691. The molecule has 0 saturated heterocycles. The van der Waals surface area contributed by atoms with Crippen LogP contribution in [0.5, 0.6) is 0 Å². The highest BCUT2D eigenvalue weighted by molar-refractivity contribution is 5.78. The van der Waals surface area contributed by atoms with Gasteiger partial charge in [0.2, 0.25) is 0 Å². The smallest absolute Gasteiger partial charge is 0.141 e. The minimum absolute atomic E-state index is 0.304. The molecule has 1 heterocycles. The van der Waals surface area contributed by atoms with Crippen LogP contribution in [-0.2, 0) is 0 Å². The molecular weight excluding hydrogens is 288 g/mol. The van der Waals surface area contributed by atoms with Crippen LogP contribution in [-0.4, -0.2) is 38.7 Å². The Morgan fingerprint density at radius 3 is 2.61 bits per heavy atom. The van der Waals surface area contributed by atoms with E-state index in [1.165, 1.54) is 6.08 Å². The number of anilines is 1. The molecule has 1 rings (SSSR count). The van der Waals surface area contributed by atoms with E-state index in [0.717, 1.165) is 18.8 Å². The second-order valence-corrected chi connectivity index (χ2v) is 4.96. The van der Waals surface area contributed by atoms with Gasteiger partial charge in [-0.1, -0.05) is 13.5 Å². The molecule has 6 nitrogen and oxygen atoms in total. The minimum atomic E-state index is 0.304. The van der Waals surface area contributed by atoms with Crippen molar-refractivity contribution in [2.24, 2.45) is 0 Å². The number of aromatic nitrogens is 1. The zero-order valence-corrected chi connectivity index (χ0v) is 13.8. The molecule has 0 aliphatic carbocycles. The molecule has 1 aromatic heterocycles. The van der Waals surface area contributed by atoms with Crippen molar-refractivity contribution in [3.63, 3.8) is 0 Å². The molecule has 0 atom stereocenters. The average Bonchev–Trinajstić information content (AvgIpc) is 2.57. The first-order chi connectivity index (χ1) is 11.1. The number of hydrogen-bond donors (Lipinski definition) is 2. The third-order valence-corrected chi connectivity index (χ3v) is 3.15. The van der Waals surface area contributed by atoms with Gasteiger partial charge in [-0.05, 0) is 24.8 Å². The second-order valence-electron chi connectivity index (χ2n) is 4.96. The largest absolute Gasteiger partial charge is 0.381 e. The minimum Gasteiger partial charge on any atom is -0.381 e. The molecule has 1 aromatic rings. The Kier molecular flexibility index (Phi) is 7.32. The van der Waals surface area contributed by atoms with Gasteiger partial charge in [0.1, 0.15) is 23.5 Å². The Bertz CT molecular complexity index is 661. The summed E-state index contributed by atoms with van der Waals surface area (Å²) in [5.41, 5.74) is 2.68. The molecule has 0 fully saturated rings. The zero-order chi connectivity index (χ0) is 17.2. The molecule has 0 unspecified atom stereocenters. The lowest BCUT2D eigenvalue weighted by Gasteiger charge is -2.20. The Hall–Kier alpha value is -2.83. The summed E-state index contributed by atoms with van der Waals surface area (Å²) < 4.78 is 0. The van der Waals surface area contributed by atoms with Gasteiger partial charge in [0.05, 0.1) is 17.0 Å². The maximum absolute atomic E-state index is 9.38. The van der Waals surface area contributed by atoms with E-state index in [-0.39, 0.29) is 0 Å². The Labute approximate surface area is 137 Å². The van der Waals surface area contributed by atoms with Crippen molar-refractivity contribution in [1.29, 1.82) is 10.5 Å². The quantitative estimate of drug-likeness (QED) is 0.431. The predicted molar refractivity (Wildman–Crippen MR) is 92.6 cm³/mol. The van der Waals surface area contributed by atoms with Crippen molar-refractivity contribution in [3.05, 3.63) is 41.7 Å². The third-order valence-electron chi connectivity index (χ3n) is 3.15. The monoisotopic (exact) mass is 310 g/mol. The number of nitrogens with zero attached hydrogens (tertiary/aromatic N) is 4. The molecule has 0 bridgehead atoms. The molecular formula is C17H22N6. The fourth-order valence-corrected chi connectivity index (χ4v) is 2.02. The predicted octanol–water partition coefficient (Wildman–Crippen LogP) is 1.64. The molecule has 0 amide bonds. The van der Waals surface area contributed by atoms with Crippen molar-refractivity contribution < 1.29 is 0 Å².